The van der Waals surface area contributed by atoms with Gasteiger partial charge in [0.1, 0.15) is 11.6 Å². The standard InChI is InChI=1S/C14H11BrCl2FNO/c1-7-2-12(18)10(15)5-13(7)19-6-8-3-9(16)4-11(17)14(8)20/h2-5,19-20H,6H2,1H3. The molecule has 0 heterocycles. The van der Waals surface area contributed by atoms with Crippen molar-refractivity contribution in [2.75, 3.05) is 5.32 Å². The van der Waals surface area contributed by atoms with Crippen LogP contribution in [0, 0.1) is 12.7 Å². The second-order valence-corrected chi connectivity index (χ2v) is 6.03. The molecule has 106 valence electrons. The van der Waals surface area contributed by atoms with E-state index in [9.17, 15) is 9.50 Å². The number of hydrogen-bond donors (Lipinski definition) is 2. The molecule has 0 fully saturated rings. The fraction of sp³-hybridized carbons (Fsp3) is 0.143. The Balaban J connectivity index is 2.23. The zero-order valence-electron chi connectivity index (χ0n) is 10.5. The van der Waals surface area contributed by atoms with Crippen LogP contribution in [-0.4, -0.2) is 5.11 Å². The number of rotatable bonds is 3. The van der Waals surface area contributed by atoms with Crippen LogP contribution in [0.4, 0.5) is 10.1 Å². The number of nitrogens with one attached hydrogen (secondary N) is 1. The van der Waals surface area contributed by atoms with Gasteiger partial charge in [-0.2, -0.15) is 0 Å². The molecule has 2 aromatic rings. The van der Waals surface area contributed by atoms with Crippen molar-refractivity contribution in [3.05, 3.63) is 55.7 Å². The molecule has 0 aliphatic heterocycles. The second-order valence-electron chi connectivity index (χ2n) is 4.33. The minimum absolute atomic E-state index is 0.0117. The summed E-state index contributed by atoms with van der Waals surface area (Å²) >= 11 is 14.9. The Labute approximate surface area is 134 Å². The molecule has 2 nitrogen and oxygen atoms in total. The Kier molecular flexibility index (Phi) is 4.78. The van der Waals surface area contributed by atoms with E-state index in [0.29, 0.717) is 21.6 Å². The highest BCUT2D eigenvalue weighted by Gasteiger charge is 2.09. The molecule has 6 heteroatoms. The van der Waals surface area contributed by atoms with E-state index in [1.165, 1.54) is 12.1 Å². The monoisotopic (exact) mass is 377 g/mol. The van der Waals surface area contributed by atoms with E-state index in [2.05, 4.69) is 21.2 Å². The Morgan fingerprint density at radius 1 is 1.25 bits per heavy atom. The summed E-state index contributed by atoms with van der Waals surface area (Å²) in [6, 6.07) is 6.18. The lowest BCUT2D eigenvalue weighted by molar-refractivity contribution is 0.469. The summed E-state index contributed by atoms with van der Waals surface area (Å²) in [5.74, 6) is -0.330. The van der Waals surface area contributed by atoms with Gasteiger partial charge in [0.25, 0.3) is 0 Å². The minimum Gasteiger partial charge on any atom is -0.506 e. The highest BCUT2D eigenvalue weighted by atomic mass is 79.9. The van der Waals surface area contributed by atoms with Crippen LogP contribution in [0.3, 0.4) is 0 Å². The molecule has 0 aliphatic rings. The minimum atomic E-state index is -0.318. The fourth-order valence-electron chi connectivity index (χ4n) is 1.78. The lowest BCUT2D eigenvalue weighted by Crippen LogP contribution is -2.02. The Hall–Kier alpha value is -0.970. The van der Waals surface area contributed by atoms with Gasteiger partial charge in [-0.05, 0) is 52.7 Å². The van der Waals surface area contributed by atoms with E-state index >= 15 is 0 Å². The molecular formula is C14H11BrCl2FNO. The Bertz CT molecular complexity index is 664. The summed E-state index contributed by atoms with van der Waals surface area (Å²) < 4.78 is 13.7. The number of hydrogen-bond acceptors (Lipinski definition) is 2. The summed E-state index contributed by atoms with van der Waals surface area (Å²) in [6.07, 6.45) is 0. The summed E-state index contributed by atoms with van der Waals surface area (Å²) in [5, 5.41) is 13.6. The number of halogens is 4. The fourth-order valence-corrected chi connectivity index (χ4v) is 2.66. The van der Waals surface area contributed by atoms with E-state index < -0.39 is 0 Å². The Morgan fingerprint density at radius 3 is 2.65 bits per heavy atom. The number of aromatic hydroxyl groups is 1. The number of aryl methyl sites for hydroxylation is 1. The molecule has 0 atom stereocenters. The van der Waals surface area contributed by atoms with Gasteiger partial charge in [0, 0.05) is 22.8 Å². The molecule has 0 radical (unpaired) electrons. The predicted octanol–water partition coefficient (Wildman–Crippen LogP) is 5.52. The predicted molar refractivity (Wildman–Crippen MR) is 84.3 cm³/mol. The number of phenolic OH excluding ortho intramolecular Hbond substituents is 1. The molecule has 0 bridgehead atoms. The molecule has 2 N–H and O–H groups in total. The smallest absolute Gasteiger partial charge is 0.139 e. The van der Waals surface area contributed by atoms with Gasteiger partial charge >= 0.3 is 0 Å². The number of benzene rings is 2. The van der Waals surface area contributed by atoms with E-state index in [0.717, 1.165) is 11.3 Å². The molecule has 0 amide bonds. The van der Waals surface area contributed by atoms with Crippen molar-refractivity contribution in [3.8, 4) is 5.75 Å². The van der Waals surface area contributed by atoms with Crippen molar-refractivity contribution in [2.24, 2.45) is 0 Å². The van der Waals surface area contributed by atoms with Crippen molar-refractivity contribution >= 4 is 44.8 Å². The highest BCUT2D eigenvalue weighted by molar-refractivity contribution is 9.10. The average molecular weight is 379 g/mol. The van der Waals surface area contributed by atoms with Crippen LogP contribution < -0.4 is 5.32 Å². The first kappa shape index (κ1) is 15.4. The lowest BCUT2D eigenvalue weighted by Gasteiger charge is -2.12. The van der Waals surface area contributed by atoms with Gasteiger partial charge in [-0.1, -0.05) is 23.2 Å². The van der Waals surface area contributed by atoms with Crippen molar-refractivity contribution in [1.82, 2.24) is 0 Å². The molecule has 0 aromatic heterocycles. The molecular weight excluding hydrogens is 368 g/mol. The van der Waals surface area contributed by atoms with Crippen molar-refractivity contribution in [2.45, 2.75) is 13.5 Å². The molecule has 0 aliphatic carbocycles. The maximum atomic E-state index is 13.3. The number of anilines is 1. The summed E-state index contributed by atoms with van der Waals surface area (Å²) in [4.78, 5) is 0. The SMILES string of the molecule is Cc1cc(F)c(Br)cc1NCc1cc(Cl)cc(Cl)c1O. The first-order chi connectivity index (χ1) is 9.38. The van der Waals surface area contributed by atoms with Crippen LogP contribution in [0.25, 0.3) is 0 Å². The van der Waals surface area contributed by atoms with Gasteiger partial charge in [0.2, 0.25) is 0 Å². The maximum absolute atomic E-state index is 13.3. The van der Waals surface area contributed by atoms with Crippen LogP contribution in [0.1, 0.15) is 11.1 Å². The van der Waals surface area contributed by atoms with Crippen LogP contribution in [-0.2, 0) is 6.54 Å². The van der Waals surface area contributed by atoms with Gasteiger partial charge in [0.05, 0.1) is 9.50 Å². The van der Waals surface area contributed by atoms with E-state index in [1.807, 2.05) is 0 Å². The first-order valence-corrected chi connectivity index (χ1v) is 7.29. The quantitative estimate of drug-likeness (QED) is 0.736. The zero-order chi connectivity index (χ0) is 14.9. The van der Waals surface area contributed by atoms with Crippen LogP contribution in [0.2, 0.25) is 10.0 Å². The van der Waals surface area contributed by atoms with Gasteiger partial charge in [-0.3, -0.25) is 0 Å². The third-order valence-corrected chi connectivity index (χ3v) is 3.96. The van der Waals surface area contributed by atoms with Crippen molar-refractivity contribution in [3.63, 3.8) is 0 Å². The molecule has 0 unspecified atom stereocenters. The van der Waals surface area contributed by atoms with Crippen LogP contribution in [0.5, 0.6) is 5.75 Å². The lowest BCUT2D eigenvalue weighted by atomic mass is 10.1. The van der Waals surface area contributed by atoms with Crippen molar-refractivity contribution in [1.29, 1.82) is 0 Å². The van der Waals surface area contributed by atoms with Gasteiger partial charge < -0.3 is 10.4 Å². The summed E-state index contributed by atoms with van der Waals surface area (Å²) in [6.45, 7) is 2.12. The highest BCUT2D eigenvalue weighted by Crippen LogP contribution is 2.32. The van der Waals surface area contributed by atoms with Crippen LogP contribution >= 0.6 is 39.1 Å². The normalized spacial score (nSPS) is 10.7. The van der Waals surface area contributed by atoms with E-state index in [-0.39, 0.29) is 16.6 Å². The molecule has 20 heavy (non-hydrogen) atoms. The average Bonchev–Trinajstić information content (AvgIpc) is 2.37. The largest absolute Gasteiger partial charge is 0.506 e. The molecule has 0 saturated carbocycles. The third kappa shape index (κ3) is 3.37. The Morgan fingerprint density at radius 2 is 1.95 bits per heavy atom. The molecule has 2 aromatic carbocycles. The van der Waals surface area contributed by atoms with Crippen LogP contribution in [0.15, 0.2) is 28.7 Å². The second kappa shape index (κ2) is 6.20. The summed E-state index contributed by atoms with van der Waals surface area (Å²) in [5.41, 5.74) is 2.09. The zero-order valence-corrected chi connectivity index (χ0v) is 13.6. The first-order valence-electron chi connectivity index (χ1n) is 5.75. The topological polar surface area (TPSA) is 32.3 Å². The van der Waals surface area contributed by atoms with Crippen molar-refractivity contribution < 1.29 is 9.50 Å². The molecule has 2 rings (SSSR count). The van der Waals surface area contributed by atoms with Gasteiger partial charge in [-0.15, -0.1) is 0 Å². The van der Waals surface area contributed by atoms with Gasteiger partial charge in [0.15, 0.2) is 0 Å². The maximum Gasteiger partial charge on any atom is 0.139 e. The molecule has 0 spiro atoms. The van der Waals surface area contributed by atoms with Gasteiger partial charge in [-0.25, -0.2) is 4.39 Å². The third-order valence-electron chi connectivity index (χ3n) is 2.84. The van der Waals surface area contributed by atoms with E-state index in [4.69, 9.17) is 23.2 Å². The number of phenols is 1. The summed E-state index contributed by atoms with van der Waals surface area (Å²) in [7, 11) is 0. The molecule has 0 saturated heterocycles. The van der Waals surface area contributed by atoms with E-state index in [1.54, 1.807) is 19.1 Å².